The minimum atomic E-state index is -0.0842. The molecule has 4 heteroatoms. The van der Waals surface area contributed by atoms with Gasteiger partial charge >= 0.3 is 0 Å². The summed E-state index contributed by atoms with van der Waals surface area (Å²) in [5, 5.41) is 13.7. The summed E-state index contributed by atoms with van der Waals surface area (Å²) >= 11 is 0. The molecule has 3 aromatic heterocycles. The highest BCUT2D eigenvalue weighted by Crippen LogP contribution is 2.40. The Labute approximate surface area is 315 Å². The van der Waals surface area contributed by atoms with Gasteiger partial charge in [-0.25, -0.2) is 4.98 Å². The van der Waals surface area contributed by atoms with Crippen LogP contribution in [0.4, 0.5) is 0 Å². The van der Waals surface area contributed by atoms with Gasteiger partial charge in [-0.05, 0) is 88.3 Å². The van der Waals surface area contributed by atoms with E-state index in [1.165, 1.54) is 21.8 Å². The average molecular weight is 698 g/mol. The van der Waals surface area contributed by atoms with Crippen LogP contribution in [0.25, 0.3) is 83.5 Å². The number of phenolic OH excluding ortho intramolecular Hbond substituents is 1. The van der Waals surface area contributed by atoms with Gasteiger partial charge in [-0.3, -0.25) is 4.98 Å². The first-order chi connectivity index (χ1) is 26.3. The first kappa shape index (κ1) is 33.1. The van der Waals surface area contributed by atoms with E-state index in [0.29, 0.717) is 5.56 Å². The largest absolute Gasteiger partial charge is 0.507 e. The highest BCUT2D eigenvalue weighted by Gasteiger charge is 2.19. The van der Waals surface area contributed by atoms with Crippen molar-refractivity contribution in [1.29, 1.82) is 0 Å². The van der Waals surface area contributed by atoms with Gasteiger partial charge in [-0.1, -0.05) is 130 Å². The zero-order valence-corrected chi connectivity index (χ0v) is 30.5. The number of phenols is 1. The molecule has 0 saturated heterocycles. The second kappa shape index (κ2) is 13.3. The molecule has 0 atom stereocenters. The number of fused-ring (bicyclic) bond motifs is 3. The van der Waals surface area contributed by atoms with E-state index in [2.05, 4.69) is 165 Å². The average Bonchev–Trinajstić information content (AvgIpc) is 3.56. The van der Waals surface area contributed by atoms with Crippen LogP contribution in [0.3, 0.4) is 0 Å². The van der Waals surface area contributed by atoms with Gasteiger partial charge in [0.1, 0.15) is 5.75 Å². The van der Waals surface area contributed by atoms with Crippen LogP contribution in [0.1, 0.15) is 26.3 Å². The molecule has 0 aliphatic heterocycles. The van der Waals surface area contributed by atoms with E-state index in [0.717, 1.165) is 61.7 Å². The lowest BCUT2D eigenvalue weighted by molar-refractivity contribution is 0.473. The van der Waals surface area contributed by atoms with Crippen molar-refractivity contribution >= 4 is 21.8 Å². The summed E-state index contributed by atoms with van der Waals surface area (Å²) in [5.41, 5.74) is 13.9. The van der Waals surface area contributed by atoms with Gasteiger partial charge in [0.2, 0.25) is 0 Å². The third kappa shape index (κ3) is 6.02. The number of benzene rings is 6. The highest BCUT2D eigenvalue weighted by atomic mass is 16.3. The van der Waals surface area contributed by atoms with Crippen molar-refractivity contribution in [2.45, 2.75) is 26.2 Å². The number of para-hydroxylation sites is 3. The number of pyridine rings is 2. The SMILES string of the molecule is CC(C)(C)c1ccc(-c2cc(-c3ccccc3)cc(-c3cccc(-c4cc(-c5cccc6c7ccccc7n(-c7ccccc7)c56)ccn4)c3)n2)c(O)c1. The van der Waals surface area contributed by atoms with E-state index in [9.17, 15) is 5.11 Å². The quantitative estimate of drug-likeness (QED) is 0.188. The summed E-state index contributed by atoms with van der Waals surface area (Å²) in [6.45, 7) is 6.45. The molecule has 9 rings (SSSR count). The molecule has 54 heavy (non-hydrogen) atoms. The molecule has 260 valence electrons. The fourth-order valence-corrected chi connectivity index (χ4v) is 7.52. The van der Waals surface area contributed by atoms with Gasteiger partial charge in [0, 0.05) is 44.9 Å². The number of hydrogen-bond donors (Lipinski definition) is 1. The molecule has 0 spiro atoms. The number of hydrogen-bond acceptors (Lipinski definition) is 3. The summed E-state index contributed by atoms with van der Waals surface area (Å²) in [4.78, 5) is 10.0. The molecule has 0 fully saturated rings. The van der Waals surface area contributed by atoms with Crippen LogP contribution >= 0.6 is 0 Å². The molecular weight excluding hydrogens is 659 g/mol. The predicted octanol–water partition coefficient (Wildman–Crippen LogP) is 12.9. The van der Waals surface area contributed by atoms with Crippen LogP contribution in [0.2, 0.25) is 0 Å². The zero-order chi connectivity index (χ0) is 36.8. The Hall–Kier alpha value is -6.78. The molecule has 6 aromatic carbocycles. The summed E-state index contributed by atoms with van der Waals surface area (Å²) in [5.74, 6) is 0.224. The van der Waals surface area contributed by atoms with E-state index in [1.807, 2.05) is 36.5 Å². The number of aromatic hydroxyl groups is 1. The van der Waals surface area contributed by atoms with Crippen molar-refractivity contribution in [3.8, 4) is 67.5 Å². The molecule has 9 aromatic rings. The summed E-state index contributed by atoms with van der Waals surface area (Å²) in [6.07, 6.45) is 1.90. The van der Waals surface area contributed by atoms with Crippen molar-refractivity contribution in [1.82, 2.24) is 14.5 Å². The first-order valence-corrected chi connectivity index (χ1v) is 18.4. The molecular formula is C50H39N3O. The molecule has 0 unspecified atom stereocenters. The van der Waals surface area contributed by atoms with Gasteiger partial charge < -0.3 is 9.67 Å². The van der Waals surface area contributed by atoms with Gasteiger partial charge in [0.05, 0.1) is 28.1 Å². The molecule has 0 aliphatic rings. The van der Waals surface area contributed by atoms with Crippen LogP contribution in [-0.2, 0) is 5.41 Å². The van der Waals surface area contributed by atoms with Crippen LogP contribution < -0.4 is 0 Å². The standard InChI is InChI=1S/C50H39N3O/c1-50(2,3)38-24-25-43(48(54)32-38)46-31-37(33-14-6-4-7-15-33)30-45(52-46)36-17-12-16-35(28-36)44-29-34(26-27-51-44)40-21-13-22-42-41-20-10-11-23-47(41)53(49(40)42)39-18-8-5-9-19-39/h4-32,54H,1-3H3. The van der Waals surface area contributed by atoms with E-state index >= 15 is 0 Å². The topological polar surface area (TPSA) is 50.9 Å². The maximum atomic E-state index is 11.3. The second-order valence-corrected chi connectivity index (χ2v) is 14.9. The lowest BCUT2D eigenvalue weighted by Crippen LogP contribution is -2.10. The minimum absolute atomic E-state index is 0.0842. The van der Waals surface area contributed by atoms with E-state index < -0.39 is 0 Å². The molecule has 0 saturated carbocycles. The maximum absolute atomic E-state index is 11.3. The Balaban J connectivity index is 1.16. The molecule has 3 heterocycles. The molecule has 0 aliphatic carbocycles. The van der Waals surface area contributed by atoms with Gasteiger partial charge in [-0.2, -0.15) is 0 Å². The number of aromatic nitrogens is 3. The fraction of sp³-hybridized carbons (Fsp3) is 0.0800. The molecule has 1 N–H and O–H groups in total. The van der Waals surface area contributed by atoms with Crippen LogP contribution in [-0.4, -0.2) is 19.6 Å². The Kier molecular flexibility index (Phi) is 8.16. The second-order valence-electron chi connectivity index (χ2n) is 14.9. The Morgan fingerprint density at radius 1 is 0.481 bits per heavy atom. The van der Waals surface area contributed by atoms with Crippen LogP contribution in [0, 0.1) is 0 Å². The third-order valence-corrected chi connectivity index (χ3v) is 10.3. The van der Waals surface area contributed by atoms with Crippen molar-refractivity contribution in [3.63, 3.8) is 0 Å². The number of rotatable bonds is 6. The Bertz CT molecular complexity index is 2810. The lowest BCUT2D eigenvalue weighted by atomic mass is 9.86. The lowest BCUT2D eigenvalue weighted by Gasteiger charge is -2.20. The minimum Gasteiger partial charge on any atom is -0.507 e. The van der Waals surface area contributed by atoms with Crippen molar-refractivity contribution in [2.75, 3.05) is 0 Å². The van der Waals surface area contributed by atoms with Crippen molar-refractivity contribution < 1.29 is 5.11 Å². The Morgan fingerprint density at radius 2 is 1.13 bits per heavy atom. The predicted molar refractivity (Wildman–Crippen MR) is 224 cm³/mol. The van der Waals surface area contributed by atoms with Gasteiger partial charge in [0.15, 0.2) is 0 Å². The third-order valence-electron chi connectivity index (χ3n) is 10.3. The van der Waals surface area contributed by atoms with E-state index in [1.54, 1.807) is 0 Å². The highest BCUT2D eigenvalue weighted by molar-refractivity contribution is 6.13. The first-order valence-electron chi connectivity index (χ1n) is 18.4. The van der Waals surface area contributed by atoms with E-state index in [4.69, 9.17) is 9.97 Å². The van der Waals surface area contributed by atoms with E-state index in [-0.39, 0.29) is 11.2 Å². The molecule has 0 bridgehead atoms. The van der Waals surface area contributed by atoms with Gasteiger partial charge in [-0.15, -0.1) is 0 Å². The van der Waals surface area contributed by atoms with Gasteiger partial charge in [0.25, 0.3) is 0 Å². The summed E-state index contributed by atoms with van der Waals surface area (Å²) in [6, 6.07) is 59.0. The monoisotopic (exact) mass is 697 g/mol. The molecule has 0 radical (unpaired) electrons. The summed E-state index contributed by atoms with van der Waals surface area (Å²) in [7, 11) is 0. The van der Waals surface area contributed by atoms with Crippen molar-refractivity contribution in [3.05, 3.63) is 182 Å². The zero-order valence-electron chi connectivity index (χ0n) is 30.5. The maximum Gasteiger partial charge on any atom is 0.125 e. The number of nitrogens with zero attached hydrogens (tertiary/aromatic N) is 3. The fourth-order valence-electron chi connectivity index (χ4n) is 7.52. The van der Waals surface area contributed by atoms with Crippen LogP contribution in [0.5, 0.6) is 5.75 Å². The normalized spacial score (nSPS) is 11.7. The molecule has 4 nitrogen and oxygen atoms in total. The summed E-state index contributed by atoms with van der Waals surface area (Å²) < 4.78 is 2.37. The molecule has 0 amide bonds. The Morgan fingerprint density at radius 3 is 1.91 bits per heavy atom. The smallest absolute Gasteiger partial charge is 0.125 e. The van der Waals surface area contributed by atoms with Crippen LogP contribution in [0.15, 0.2) is 176 Å². The van der Waals surface area contributed by atoms with Crippen molar-refractivity contribution in [2.24, 2.45) is 0 Å².